The molecule has 0 radical (unpaired) electrons. The van der Waals surface area contributed by atoms with Gasteiger partial charge in [-0.2, -0.15) is 8.78 Å². The fourth-order valence-electron chi connectivity index (χ4n) is 1.85. The number of carbonyl (C=O) groups excluding carboxylic acids is 1. The summed E-state index contributed by atoms with van der Waals surface area (Å²) in [5, 5.41) is 0. The standard InChI is InChI=1S/C16H13BrF2O2/c1-2-21-15(20)16(18,19)13-7-3-11(4-8-13)12-5-9-14(17)10-6-12/h3-10H,2H2,1H3. The zero-order valence-corrected chi connectivity index (χ0v) is 12.9. The van der Waals surface area contributed by atoms with Crippen LogP contribution in [0.5, 0.6) is 0 Å². The Hall–Kier alpha value is -1.75. The third-order valence-electron chi connectivity index (χ3n) is 2.96. The number of benzene rings is 2. The Morgan fingerprint density at radius 2 is 1.52 bits per heavy atom. The van der Waals surface area contributed by atoms with Gasteiger partial charge in [-0.3, -0.25) is 0 Å². The third kappa shape index (κ3) is 3.47. The van der Waals surface area contributed by atoms with Crippen LogP contribution in [0.1, 0.15) is 12.5 Å². The molecule has 0 bridgehead atoms. The molecule has 0 amide bonds. The lowest BCUT2D eigenvalue weighted by Gasteiger charge is -2.15. The van der Waals surface area contributed by atoms with Gasteiger partial charge in [-0.1, -0.05) is 52.3 Å². The van der Waals surface area contributed by atoms with Crippen molar-refractivity contribution in [1.29, 1.82) is 0 Å². The van der Waals surface area contributed by atoms with E-state index >= 15 is 0 Å². The van der Waals surface area contributed by atoms with E-state index in [0.29, 0.717) is 0 Å². The number of hydrogen-bond acceptors (Lipinski definition) is 2. The average molecular weight is 355 g/mol. The predicted octanol–water partition coefficient (Wildman–Crippen LogP) is 4.77. The van der Waals surface area contributed by atoms with Crippen LogP contribution in [0.2, 0.25) is 0 Å². The van der Waals surface area contributed by atoms with Crippen molar-refractivity contribution >= 4 is 21.9 Å². The van der Waals surface area contributed by atoms with Gasteiger partial charge in [0.05, 0.1) is 6.61 Å². The van der Waals surface area contributed by atoms with Crippen LogP contribution < -0.4 is 0 Å². The van der Waals surface area contributed by atoms with Gasteiger partial charge in [-0.25, -0.2) is 4.79 Å². The van der Waals surface area contributed by atoms with E-state index in [2.05, 4.69) is 20.7 Å². The minimum atomic E-state index is -3.63. The van der Waals surface area contributed by atoms with Crippen molar-refractivity contribution in [1.82, 2.24) is 0 Å². The molecule has 0 spiro atoms. The summed E-state index contributed by atoms with van der Waals surface area (Å²) < 4.78 is 33.0. The molecule has 5 heteroatoms. The minimum absolute atomic E-state index is 0.0780. The molecule has 0 fully saturated rings. The maximum absolute atomic E-state index is 13.8. The molecule has 0 aromatic heterocycles. The van der Waals surface area contributed by atoms with Gasteiger partial charge in [-0.15, -0.1) is 0 Å². The Labute approximate surface area is 129 Å². The minimum Gasteiger partial charge on any atom is -0.461 e. The van der Waals surface area contributed by atoms with Crippen molar-refractivity contribution in [3.05, 3.63) is 58.6 Å². The quantitative estimate of drug-likeness (QED) is 0.739. The van der Waals surface area contributed by atoms with E-state index in [1.807, 2.05) is 24.3 Å². The van der Waals surface area contributed by atoms with E-state index in [4.69, 9.17) is 0 Å². The van der Waals surface area contributed by atoms with Crippen LogP contribution in [0.15, 0.2) is 53.0 Å². The lowest BCUT2D eigenvalue weighted by Crippen LogP contribution is -2.28. The molecule has 110 valence electrons. The zero-order chi connectivity index (χ0) is 15.5. The summed E-state index contributed by atoms with van der Waals surface area (Å²) >= 11 is 3.34. The molecule has 21 heavy (non-hydrogen) atoms. The Kier molecular flexibility index (Phi) is 4.73. The van der Waals surface area contributed by atoms with Crippen molar-refractivity contribution in [3.63, 3.8) is 0 Å². The second kappa shape index (κ2) is 6.35. The summed E-state index contributed by atoms with van der Waals surface area (Å²) in [6, 6.07) is 13.1. The summed E-state index contributed by atoms with van der Waals surface area (Å²) in [7, 11) is 0. The number of alkyl halides is 2. The molecule has 0 N–H and O–H groups in total. The zero-order valence-electron chi connectivity index (χ0n) is 11.3. The first kappa shape index (κ1) is 15.6. The number of esters is 1. The van der Waals surface area contributed by atoms with Gasteiger partial charge in [0.25, 0.3) is 0 Å². The lowest BCUT2D eigenvalue weighted by atomic mass is 10.0. The lowest BCUT2D eigenvalue weighted by molar-refractivity contribution is -0.173. The fourth-order valence-corrected chi connectivity index (χ4v) is 2.12. The van der Waals surface area contributed by atoms with Crippen LogP contribution in [0.25, 0.3) is 11.1 Å². The smallest absolute Gasteiger partial charge is 0.381 e. The summed E-state index contributed by atoms with van der Waals surface area (Å²) in [6.07, 6.45) is 0. The molecule has 0 unspecified atom stereocenters. The Balaban J connectivity index is 2.26. The van der Waals surface area contributed by atoms with Gasteiger partial charge in [0.15, 0.2) is 0 Å². The van der Waals surface area contributed by atoms with Gasteiger partial charge >= 0.3 is 11.9 Å². The Morgan fingerprint density at radius 3 is 2.00 bits per heavy atom. The molecule has 2 rings (SSSR count). The van der Waals surface area contributed by atoms with Crippen LogP contribution in [-0.4, -0.2) is 12.6 Å². The molecular weight excluding hydrogens is 342 g/mol. The van der Waals surface area contributed by atoms with Crippen molar-refractivity contribution in [3.8, 4) is 11.1 Å². The number of halogens is 3. The summed E-state index contributed by atoms with van der Waals surface area (Å²) in [5.41, 5.74) is 1.33. The predicted molar refractivity (Wildman–Crippen MR) is 80.1 cm³/mol. The first-order chi connectivity index (χ1) is 9.95. The van der Waals surface area contributed by atoms with Crippen molar-refractivity contribution < 1.29 is 18.3 Å². The van der Waals surface area contributed by atoms with E-state index in [-0.39, 0.29) is 12.2 Å². The topological polar surface area (TPSA) is 26.3 Å². The molecule has 2 aromatic rings. The van der Waals surface area contributed by atoms with Gasteiger partial charge in [0.2, 0.25) is 0 Å². The highest BCUT2D eigenvalue weighted by Gasteiger charge is 2.42. The van der Waals surface area contributed by atoms with Crippen LogP contribution >= 0.6 is 15.9 Å². The maximum atomic E-state index is 13.8. The highest BCUT2D eigenvalue weighted by Crippen LogP contribution is 2.31. The van der Waals surface area contributed by atoms with Gasteiger partial charge in [0, 0.05) is 10.0 Å². The molecule has 0 aliphatic carbocycles. The molecule has 2 aromatic carbocycles. The molecule has 0 saturated heterocycles. The van der Waals surface area contributed by atoms with Crippen LogP contribution in [0.3, 0.4) is 0 Å². The van der Waals surface area contributed by atoms with Crippen molar-refractivity contribution in [2.24, 2.45) is 0 Å². The van der Waals surface area contributed by atoms with Gasteiger partial charge in [-0.05, 0) is 30.2 Å². The van der Waals surface area contributed by atoms with Gasteiger partial charge in [0.1, 0.15) is 0 Å². The van der Waals surface area contributed by atoms with Crippen LogP contribution in [0, 0.1) is 0 Å². The molecule has 2 nitrogen and oxygen atoms in total. The highest BCUT2D eigenvalue weighted by molar-refractivity contribution is 9.10. The molecule has 0 aliphatic heterocycles. The SMILES string of the molecule is CCOC(=O)C(F)(F)c1ccc(-c2ccc(Br)cc2)cc1. The van der Waals surface area contributed by atoms with Crippen LogP contribution in [-0.2, 0) is 15.5 Å². The number of carbonyl (C=O) groups is 1. The molecule has 0 heterocycles. The molecule has 0 saturated carbocycles. The van der Waals surface area contributed by atoms with Crippen molar-refractivity contribution in [2.75, 3.05) is 6.61 Å². The Morgan fingerprint density at radius 1 is 1.05 bits per heavy atom. The summed E-state index contributed by atoms with van der Waals surface area (Å²) in [6.45, 7) is 1.41. The van der Waals surface area contributed by atoms with E-state index in [9.17, 15) is 13.6 Å². The second-order valence-electron chi connectivity index (χ2n) is 4.38. The third-order valence-corrected chi connectivity index (χ3v) is 3.49. The highest BCUT2D eigenvalue weighted by atomic mass is 79.9. The summed E-state index contributed by atoms with van der Waals surface area (Å²) in [5.74, 6) is -5.16. The van der Waals surface area contributed by atoms with E-state index < -0.39 is 11.9 Å². The first-order valence-electron chi connectivity index (χ1n) is 6.36. The Bertz CT molecular complexity index is 622. The summed E-state index contributed by atoms with van der Waals surface area (Å²) in [4.78, 5) is 11.3. The van der Waals surface area contributed by atoms with Gasteiger partial charge < -0.3 is 4.74 Å². The number of ether oxygens (including phenoxy) is 1. The number of rotatable bonds is 4. The second-order valence-corrected chi connectivity index (χ2v) is 5.29. The van der Waals surface area contributed by atoms with E-state index in [0.717, 1.165) is 15.6 Å². The molecule has 0 atom stereocenters. The van der Waals surface area contributed by atoms with Crippen LogP contribution in [0.4, 0.5) is 8.78 Å². The van der Waals surface area contributed by atoms with E-state index in [1.165, 1.54) is 19.1 Å². The maximum Gasteiger partial charge on any atom is 0.381 e. The van der Waals surface area contributed by atoms with Crippen molar-refractivity contribution in [2.45, 2.75) is 12.8 Å². The number of hydrogen-bond donors (Lipinski definition) is 0. The first-order valence-corrected chi connectivity index (χ1v) is 7.16. The van der Waals surface area contributed by atoms with E-state index in [1.54, 1.807) is 12.1 Å². The average Bonchev–Trinajstić information content (AvgIpc) is 2.48. The largest absolute Gasteiger partial charge is 0.461 e. The fraction of sp³-hybridized carbons (Fsp3) is 0.188. The monoisotopic (exact) mass is 354 g/mol. The molecular formula is C16H13BrF2O2. The molecule has 0 aliphatic rings. The normalized spacial score (nSPS) is 11.2.